The summed E-state index contributed by atoms with van der Waals surface area (Å²) in [6.45, 7) is 7.50. The first-order valence-corrected chi connectivity index (χ1v) is 5.87. The molecule has 0 unspecified atom stereocenters. The molecule has 2 rings (SSSR count). The molecule has 2 aromatic heterocycles. The first-order valence-electron chi connectivity index (χ1n) is 5.87. The Hall–Kier alpha value is -2.11. The quantitative estimate of drug-likeness (QED) is 0.829. The van der Waals surface area contributed by atoms with Crippen molar-refractivity contribution in [1.82, 2.24) is 19.7 Å². The molecular formula is C12H17N5O. The van der Waals surface area contributed by atoms with Crippen molar-refractivity contribution < 1.29 is 0 Å². The minimum absolute atomic E-state index is 0.134. The molecule has 0 radical (unpaired) electrons. The largest absolute Gasteiger partial charge is 0.383 e. The van der Waals surface area contributed by atoms with Gasteiger partial charge in [-0.2, -0.15) is 9.78 Å². The van der Waals surface area contributed by atoms with E-state index in [1.165, 1.54) is 4.68 Å². The van der Waals surface area contributed by atoms with Crippen molar-refractivity contribution in [2.75, 3.05) is 5.73 Å². The van der Waals surface area contributed by atoms with Gasteiger partial charge in [-0.3, -0.25) is 9.78 Å². The Morgan fingerprint density at radius 2 is 1.94 bits per heavy atom. The molecule has 18 heavy (non-hydrogen) atoms. The Balaban J connectivity index is 2.65. The summed E-state index contributed by atoms with van der Waals surface area (Å²) in [6, 6.07) is 0. The number of nitrogens with one attached hydrogen (secondary N) is 1. The number of rotatable bonds is 2. The van der Waals surface area contributed by atoms with Crippen molar-refractivity contribution in [3.63, 3.8) is 0 Å². The second kappa shape index (κ2) is 4.29. The maximum Gasteiger partial charge on any atom is 0.255 e. The molecule has 0 spiro atoms. The average Bonchev–Trinajstić information content (AvgIpc) is 2.56. The summed E-state index contributed by atoms with van der Waals surface area (Å²) in [5.41, 5.74) is 8.94. The van der Waals surface area contributed by atoms with Gasteiger partial charge in [0.25, 0.3) is 5.56 Å². The maximum atomic E-state index is 11.9. The number of aryl methyl sites for hydroxylation is 2. The van der Waals surface area contributed by atoms with Crippen molar-refractivity contribution in [2.24, 2.45) is 0 Å². The molecule has 2 aromatic rings. The number of H-pyrrole nitrogens is 1. The van der Waals surface area contributed by atoms with Crippen molar-refractivity contribution in [1.29, 1.82) is 0 Å². The van der Waals surface area contributed by atoms with Gasteiger partial charge in [0.05, 0.1) is 5.69 Å². The molecule has 3 N–H and O–H groups in total. The van der Waals surface area contributed by atoms with E-state index in [1.54, 1.807) is 0 Å². The van der Waals surface area contributed by atoms with Gasteiger partial charge in [-0.25, -0.2) is 4.98 Å². The Kier molecular flexibility index (Phi) is 2.94. The summed E-state index contributed by atoms with van der Waals surface area (Å²) < 4.78 is 1.47. The van der Waals surface area contributed by atoms with E-state index in [0.717, 1.165) is 11.3 Å². The zero-order valence-electron chi connectivity index (χ0n) is 11.0. The van der Waals surface area contributed by atoms with Crippen molar-refractivity contribution in [3.05, 3.63) is 32.9 Å². The number of hydrogen-bond acceptors (Lipinski definition) is 4. The number of aromatic nitrogens is 4. The summed E-state index contributed by atoms with van der Waals surface area (Å²) in [5, 5.41) is 4.28. The third-order valence-electron chi connectivity index (χ3n) is 3.17. The van der Waals surface area contributed by atoms with Crippen LogP contribution in [0.15, 0.2) is 4.79 Å². The van der Waals surface area contributed by atoms with Crippen LogP contribution in [0.1, 0.15) is 29.4 Å². The molecule has 0 amide bonds. The number of hydrogen-bond donors (Lipinski definition) is 2. The van der Waals surface area contributed by atoms with Crippen molar-refractivity contribution in [3.8, 4) is 5.95 Å². The van der Waals surface area contributed by atoms with Gasteiger partial charge >= 0.3 is 0 Å². The van der Waals surface area contributed by atoms with E-state index in [9.17, 15) is 4.79 Å². The number of aromatic amines is 1. The lowest BCUT2D eigenvalue weighted by Gasteiger charge is -2.06. The molecule has 0 aliphatic carbocycles. The molecule has 6 nitrogen and oxygen atoms in total. The van der Waals surface area contributed by atoms with Gasteiger partial charge < -0.3 is 5.73 Å². The smallest absolute Gasteiger partial charge is 0.255 e. The Morgan fingerprint density at radius 1 is 1.28 bits per heavy atom. The van der Waals surface area contributed by atoms with Gasteiger partial charge in [0.2, 0.25) is 5.95 Å². The van der Waals surface area contributed by atoms with E-state index in [0.29, 0.717) is 29.4 Å². The molecule has 0 saturated carbocycles. The minimum Gasteiger partial charge on any atom is -0.383 e. The fraction of sp³-hybridized carbons (Fsp3) is 0.417. The van der Waals surface area contributed by atoms with Crippen LogP contribution >= 0.6 is 0 Å². The van der Waals surface area contributed by atoms with E-state index < -0.39 is 0 Å². The van der Waals surface area contributed by atoms with Crippen LogP contribution < -0.4 is 11.3 Å². The lowest BCUT2D eigenvalue weighted by Crippen LogP contribution is -2.20. The van der Waals surface area contributed by atoms with E-state index >= 15 is 0 Å². The van der Waals surface area contributed by atoms with Crippen LogP contribution in [0, 0.1) is 20.8 Å². The summed E-state index contributed by atoms with van der Waals surface area (Å²) in [4.78, 5) is 19.0. The second-order valence-corrected chi connectivity index (χ2v) is 4.31. The van der Waals surface area contributed by atoms with Crippen LogP contribution in [0.4, 0.5) is 5.82 Å². The predicted molar refractivity (Wildman–Crippen MR) is 70.0 cm³/mol. The lowest BCUT2D eigenvalue weighted by atomic mass is 10.2. The first kappa shape index (κ1) is 12.3. The van der Waals surface area contributed by atoms with Gasteiger partial charge in [0.1, 0.15) is 5.82 Å². The Bertz CT molecular complexity index is 653. The van der Waals surface area contributed by atoms with Crippen molar-refractivity contribution in [2.45, 2.75) is 34.1 Å². The molecule has 0 aliphatic heterocycles. The highest BCUT2D eigenvalue weighted by Crippen LogP contribution is 2.17. The van der Waals surface area contributed by atoms with Crippen molar-refractivity contribution >= 4 is 5.82 Å². The molecular weight excluding hydrogens is 230 g/mol. The van der Waals surface area contributed by atoms with Crippen LogP contribution in [-0.2, 0) is 6.42 Å². The van der Waals surface area contributed by atoms with Gasteiger partial charge in [-0.1, -0.05) is 6.92 Å². The molecule has 0 aliphatic rings. The maximum absolute atomic E-state index is 11.9. The van der Waals surface area contributed by atoms with Gasteiger partial charge in [0.15, 0.2) is 0 Å². The topological polar surface area (TPSA) is 89.6 Å². The highest BCUT2D eigenvalue weighted by Gasteiger charge is 2.13. The van der Waals surface area contributed by atoms with Gasteiger partial charge in [-0.15, -0.1) is 0 Å². The molecule has 0 aromatic carbocycles. The number of nitrogens with two attached hydrogens (primary N) is 1. The van der Waals surface area contributed by atoms with Crippen LogP contribution in [0.3, 0.4) is 0 Å². The third kappa shape index (κ3) is 1.79. The first-order chi connectivity index (χ1) is 8.45. The molecule has 2 heterocycles. The molecule has 96 valence electrons. The van der Waals surface area contributed by atoms with E-state index in [2.05, 4.69) is 15.1 Å². The van der Waals surface area contributed by atoms with Gasteiger partial charge in [-0.05, 0) is 27.2 Å². The van der Waals surface area contributed by atoms with Crippen LogP contribution in [0.25, 0.3) is 5.95 Å². The van der Waals surface area contributed by atoms with E-state index in [1.807, 2.05) is 27.7 Å². The zero-order valence-corrected chi connectivity index (χ0v) is 11.0. The molecule has 0 fully saturated rings. The highest BCUT2D eigenvalue weighted by molar-refractivity contribution is 5.45. The highest BCUT2D eigenvalue weighted by atomic mass is 16.1. The van der Waals surface area contributed by atoms with E-state index in [-0.39, 0.29) is 5.56 Å². The predicted octanol–water partition coefficient (Wildman–Crippen LogP) is 1.03. The second-order valence-electron chi connectivity index (χ2n) is 4.31. The summed E-state index contributed by atoms with van der Waals surface area (Å²) in [7, 11) is 0. The standard InChI is InChI=1S/C12H17N5O/c1-5-9-8(4)14-12(15-11(9)18)17-10(13)6(2)7(3)16-17/h5,13H2,1-4H3,(H,14,15,18). The fourth-order valence-corrected chi connectivity index (χ4v) is 1.90. The normalized spacial score (nSPS) is 10.9. The minimum atomic E-state index is -0.134. The third-order valence-corrected chi connectivity index (χ3v) is 3.17. The monoisotopic (exact) mass is 247 g/mol. The summed E-state index contributed by atoms with van der Waals surface area (Å²) in [6.07, 6.45) is 0.654. The molecule has 0 saturated heterocycles. The Labute approximate surface area is 105 Å². The lowest BCUT2D eigenvalue weighted by molar-refractivity contribution is 0.782. The molecule has 0 bridgehead atoms. The zero-order chi connectivity index (χ0) is 13.4. The summed E-state index contributed by atoms with van der Waals surface area (Å²) in [5.74, 6) is 0.864. The number of nitrogens with zero attached hydrogens (tertiary/aromatic N) is 3. The summed E-state index contributed by atoms with van der Waals surface area (Å²) >= 11 is 0. The number of anilines is 1. The molecule has 0 atom stereocenters. The number of nitrogen functional groups attached to an aromatic ring is 1. The van der Waals surface area contributed by atoms with Crippen LogP contribution in [0.5, 0.6) is 0 Å². The van der Waals surface area contributed by atoms with Gasteiger partial charge in [0, 0.05) is 16.8 Å². The van der Waals surface area contributed by atoms with Crippen LogP contribution in [0.2, 0.25) is 0 Å². The van der Waals surface area contributed by atoms with E-state index in [4.69, 9.17) is 5.73 Å². The SMILES string of the molecule is CCc1c(C)nc(-n2nc(C)c(C)c2N)[nH]c1=O. The molecule has 6 heteroatoms. The average molecular weight is 247 g/mol. The fourth-order valence-electron chi connectivity index (χ4n) is 1.90. The van der Waals surface area contributed by atoms with Crippen LogP contribution in [-0.4, -0.2) is 19.7 Å². The Morgan fingerprint density at radius 3 is 2.39 bits per heavy atom.